The highest BCUT2D eigenvalue weighted by molar-refractivity contribution is 6.04. The number of fused-ring (bicyclic) bond motifs is 2. The van der Waals surface area contributed by atoms with Gasteiger partial charge in [0.2, 0.25) is 11.8 Å². The zero-order valence-electron chi connectivity index (χ0n) is 15.2. The zero-order valence-corrected chi connectivity index (χ0v) is 15.2. The zero-order chi connectivity index (χ0) is 19.7. The van der Waals surface area contributed by atoms with E-state index < -0.39 is 6.10 Å². The molecular formula is C20H19N3O5. The highest BCUT2D eigenvalue weighted by Crippen LogP contribution is 2.33. The molecule has 144 valence electrons. The van der Waals surface area contributed by atoms with Gasteiger partial charge in [-0.1, -0.05) is 12.1 Å². The maximum Gasteiger partial charge on any atom is 0.265 e. The Kier molecular flexibility index (Phi) is 4.60. The van der Waals surface area contributed by atoms with Crippen LogP contribution in [-0.4, -0.2) is 37.0 Å². The second-order valence-corrected chi connectivity index (χ2v) is 6.55. The van der Waals surface area contributed by atoms with Gasteiger partial charge in [0.05, 0.1) is 24.4 Å². The van der Waals surface area contributed by atoms with Crippen molar-refractivity contribution in [2.45, 2.75) is 19.4 Å². The van der Waals surface area contributed by atoms with Crippen LogP contribution in [0.2, 0.25) is 0 Å². The topological polar surface area (TPSA) is 97.0 Å². The summed E-state index contributed by atoms with van der Waals surface area (Å²) in [4.78, 5) is 38.2. The minimum atomic E-state index is -0.565. The summed E-state index contributed by atoms with van der Waals surface area (Å²) in [5.41, 5.74) is 1.56. The first-order valence-corrected chi connectivity index (χ1v) is 8.95. The number of ether oxygens (including phenoxy) is 2. The minimum Gasteiger partial charge on any atom is -0.491 e. The van der Waals surface area contributed by atoms with Gasteiger partial charge in [-0.05, 0) is 37.3 Å². The number of para-hydroxylation sites is 2. The van der Waals surface area contributed by atoms with Crippen molar-refractivity contribution in [1.29, 1.82) is 0 Å². The third kappa shape index (κ3) is 3.48. The fraction of sp³-hybridized carbons (Fsp3) is 0.250. The van der Waals surface area contributed by atoms with E-state index in [1.807, 2.05) is 6.07 Å². The van der Waals surface area contributed by atoms with Gasteiger partial charge < -0.3 is 20.1 Å². The molecule has 2 aromatic carbocycles. The van der Waals surface area contributed by atoms with Crippen LogP contribution in [0, 0.1) is 0 Å². The van der Waals surface area contributed by atoms with Crippen LogP contribution in [0.15, 0.2) is 42.5 Å². The number of nitrogens with zero attached hydrogens (tertiary/aromatic N) is 1. The summed E-state index contributed by atoms with van der Waals surface area (Å²) in [5.74, 6) is 0.326. The Bertz CT molecular complexity index is 959. The predicted octanol–water partition coefficient (Wildman–Crippen LogP) is 2.16. The number of anilines is 3. The van der Waals surface area contributed by atoms with Crippen molar-refractivity contribution in [3.63, 3.8) is 0 Å². The van der Waals surface area contributed by atoms with Gasteiger partial charge in [-0.25, -0.2) is 0 Å². The van der Waals surface area contributed by atoms with Crippen LogP contribution in [0.25, 0.3) is 0 Å². The molecule has 2 heterocycles. The number of hydrogen-bond acceptors (Lipinski definition) is 5. The smallest absolute Gasteiger partial charge is 0.265 e. The number of carbonyl (C=O) groups excluding carboxylic acids is 3. The van der Waals surface area contributed by atoms with Crippen LogP contribution in [0.5, 0.6) is 11.5 Å². The normalized spacial score (nSPS) is 18.0. The average molecular weight is 381 g/mol. The summed E-state index contributed by atoms with van der Waals surface area (Å²) in [7, 11) is 0. The first-order valence-electron chi connectivity index (χ1n) is 8.95. The van der Waals surface area contributed by atoms with Crippen LogP contribution in [0.4, 0.5) is 17.1 Å². The van der Waals surface area contributed by atoms with Crippen LogP contribution in [0.1, 0.15) is 13.3 Å². The Hall–Kier alpha value is -3.55. The Morgan fingerprint density at radius 3 is 2.89 bits per heavy atom. The molecule has 0 unspecified atom stereocenters. The van der Waals surface area contributed by atoms with E-state index in [4.69, 9.17) is 9.47 Å². The maximum atomic E-state index is 12.6. The van der Waals surface area contributed by atoms with Crippen molar-refractivity contribution >= 4 is 34.8 Å². The molecule has 1 atom stereocenters. The van der Waals surface area contributed by atoms with Gasteiger partial charge in [-0.15, -0.1) is 0 Å². The molecule has 0 saturated heterocycles. The van der Waals surface area contributed by atoms with Gasteiger partial charge in [0.15, 0.2) is 6.10 Å². The second-order valence-electron chi connectivity index (χ2n) is 6.55. The second kappa shape index (κ2) is 7.22. The number of hydrogen-bond donors (Lipinski definition) is 2. The molecule has 28 heavy (non-hydrogen) atoms. The summed E-state index contributed by atoms with van der Waals surface area (Å²) in [5, 5.41) is 5.49. The van der Waals surface area contributed by atoms with Crippen molar-refractivity contribution in [3.05, 3.63) is 42.5 Å². The third-order valence-corrected chi connectivity index (χ3v) is 4.53. The lowest BCUT2D eigenvalue weighted by Crippen LogP contribution is -2.37. The Labute approximate surface area is 161 Å². The highest BCUT2D eigenvalue weighted by Gasteiger charge is 2.26. The van der Waals surface area contributed by atoms with Gasteiger partial charge in [-0.3, -0.25) is 19.3 Å². The van der Waals surface area contributed by atoms with E-state index in [9.17, 15) is 14.4 Å². The first kappa shape index (κ1) is 17.8. The van der Waals surface area contributed by atoms with Crippen LogP contribution < -0.4 is 25.0 Å². The molecular weight excluding hydrogens is 362 g/mol. The number of nitrogens with one attached hydrogen (secondary N) is 2. The van der Waals surface area contributed by atoms with Gasteiger partial charge in [0.25, 0.3) is 5.91 Å². The van der Waals surface area contributed by atoms with Crippen molar-refractivity contribution in [1.82, 2.24) is 0 Å². The summed E-state index contributed by atoms with van der Waals surface area (Å²) in [6, 6.07) is 12.1. The molecule has 8 heteroatoms. The largest absolute Gasteiger partial charge is 0.491 e. The summed E-state index contributed by atoms with van der Waals surface area (Å²) in [6.45, 7) is 1.79. The number of rotatable bonds is 3. The van der Waals surface area contributed by atoms with E-state index >= 15 is 0 Å². The summed E-state index contributed by atoms with van der Waals surface area (Å²) >= 11 is 0. The lowest BCUT2D eigenvalue weighted by atomic mass is 10.2. The Morgan fingerprint density at radius 2 is 2.04 bits per heavy atom. The fourth-order valence-electron chi connectivity index (χ4n) is 3.12. The van der Waals surface area contributed by atoms with Crippen molar-refractivity contribution in [2.24, 2.45) is 0 Å². The Balaban J connectivity index is 1.50. The fourth-order valence-corrected chi connectivity index (χ4v) is 3.12. The molecule has 2 aliphatic rings. The minimum absolute atomic E-state index is 0.143. The highest BCUT2D eigenvalue weighted by atomic mass is 16.5. The van der Waals surface area contributed by atoms with E-state index in [-0.39, 0.29) is 37.3 Å². The van der Waals surface area contributed by atoms with Gasteiger partial charge in [0, 0.05) is 5.69 Å². The maximum absolute atomic E-state index is 12.6. The van der Waals surface area contributed by atoms with E-state index in [0.29, 0.717) is 28.6 Å². The lowest BCUT2D eigenvalue weighted by Gasteiger charge is -2.24. The van der Waals surface area contributed by atoms with Crippen LogP contribution >= 0.6 is 0 Å². The van der Waals surface area contributed by atoms with E-state index in [1.54, 1.807) is 43.3 Å². The average Bonchev–Trinajstić information content (AvgIpc) is 2.82. The molecule has 2 aliphatic heterocycles. The molecule has 0 aromatic heterocycles. The molecule has 0 fully saturated rings. The Morgan fingerprint density at radius 1 is 1.21 bits per heavy atom. The molecule has 4 rings (SSSR count). The molecule has 2 aromatic rings. The van der Waals surface area contributed by atoms with Gasteiger partial charge in [0.1, 0.15) is 18.0 Å². The van der Waals surface area contributed by atoms with E-state index in [0.717, 1.165) is 0 Å². The molecule has 3 amide bonds. The molecule has 0 aliphatic carbocycles. The number of amides is 3. The SMILES string of the molecule is C[C@@H]1Oc2ccc(NC(=O)CN3C(=O)CCOc4ccccc43)cc2NC1=O. The summed E-state index contributed by atoms with van der Waals surface area (Å²) in [6.07, 6.45) is -0.369. The van der Waals surface area contributed by atoms with Gasteiger partial charge >= 0.3 is 0 Å². The quantitative estimate of drug-likeness (QED) is 0.849. The van der Waals surface area contributed by atoms with Crippen LogP contribution in [-0.2, 0) is 14.4 Å². The molecule has 0 spiro atoms. The molecule has 0 bridgehead atoms. The molecule has 0 saturated carbocycles. The lowest BCUT2D eigenvalue weighted by molar-refractivity contribution is -0.122. The summed E-state index contributed by atoms with van der Waals surface area (Å²) < 4.78 is 11.1. The van der Waals surface area contributed by atoms with E-state index in [1.165, 1.54) is 4.90 Å². The monoisotopic (exact) mass is 381 g/mol. The van der Waals surface area contributed by atoms with E-state index in [2.05, 4.69) is 10.6 Å². The van der Waals surface area contributed by atoms with Crippen molar-refractivity contribution < 1.29 is 23.9 Å². The molecule has 0 radical (unpaired) electrons. The number of carbonyl (C=O) groups is 3. The molecule has 8 nitrogen and oxygen atoms in total. The van der Waals surface area contributed by atoms with Gasteiger partial charge in [-0.2, -0.15) is 0 Å². The van der Waals surface area contributed by atoms with Crippen molar-refractivity contribution in [3.8, 4) is 11.5 Å². The standard InChI is InChI=1S/C20H19N3O5/c1-12-20(26)22-14-10-13(6-7-16(14)28-12)21-18(24)11-23-15-4-2-3-5-17(15)27-9-8-19(23)25/h2-7,10,12H,8-9,11H2,1H3,(H,21,24)(H,22,26)/t12-/m0/s1. The predicted molar refractivity (Wildman–Crippen MR) is 103 cm³/mol. The number of benzene rings is 2. The van der Waals surface area contributed by atoms with Crippen molar-refractivity contribution in [2.75, 3.05) is 28.7 Å². The third-order valence-electron chi connectivity index (χ3n) is 4.53. The first-order chi connectivity index (χ1) is 13.5. The van der Waals surface area contributed by atoms with Crippen LogP contribution in [0.3, 0.4) is 0 Å². The molecule has 2 N–H and O–H groups in total.